The lowest BCUT2D eigenvalue weighted by Crippen LogP contribution is -1.99. The molecule has 13 aromatic rings. The normalized spacial score (nSPS) is 12.1. The number of hydrogen-bond acceptors (Lipinski definition) is 2. The Morgan fingerprint density at radius 2 is 0.724 bits per heavy atom. The van der Waals surface area contributed by atoms with Crippen molar-refractivity contribution in [2.75, 3.05) is 0 Å². The maximum Gasteiger partial charge on any atom is 0.178 e. The molecule has 0 bridgehead atoms. The van der Waals surface area contributed by atoms with Crippen LogP contribution in [-0.4, -0.2) is 9.13 Å². The first-order valence-corrected chi connectivity index (χ1v) is 19.8. The SMILES string of the molecule is c1ccc(-c2cc(-c3ccccc3)c3oc4c(ccc5c6cc(-n7c8ccccc8c8ccccc87)cc(-n7c8ccccc8c8ccccc87)c6oc54)c3c2)cc1. The topological polar surface area (TPSA) is 36.1 Å². The number of benzene rings is 9. The highest BCUT2D eigenvalue weighted by Gasteiger charge is 2.24. The minimum absolute atomic E-state index is 0.741. The van der Waals surface area contributed by atoms with Crippen molar-refractivity contribution in [3.63, 3.8) is 0 Å². The average molecular weight is 741 g/mol. The highest BCUT2D eigenvalue weighted by Crippen LogP contribution is 2.46. The quantitative estimate of drug-likeness (QED) is 0.180. The highest BCUT2D eigenvalue weighted by atomic mass is 16.4. The van der Waals surface area contributed by atoms with E-state index in [0.29, 0.717) is 0 Å². The molecule has 4 heterocycles. The number of rotatable bonds is 4. The summed E-state index contributed by atoms with van der Waals surface area (Å²) in [4.78, 5) is 0. The van der Waals surface area contributed by atoms with Crippen LogP contribution in [-0.2, 0) is 0 Å². The molecule has 58 heavy (non-hydrogen) atoms. The molecule has 4 heteroatoms. The second-order valence-corrected chi connectivity index (χ2v) is 15.2. The molecule has 9 aromatic carbocycles. The van der Waals surface area contributed by atoms with Gasteiger partial charge in [0, 0.05) is 54.3 Å². The van der Waals surface area contributed by atoms with Crippen LogP contribution < -0.4 is 0 Å². The minimum atomic E-state index is 0.741. The van der Waals surface area contributed by atoms with E-state index in [-0.39, 0.29) is 0 Å². The molecule has 0 aliphatic carbocycles. The predicted molar refractivity (Wildman–Crippen MR) is 241 cm³/mol. The summed E-state index contributed by atoms with van der Waals surface area (Å²) in [6, 6.07) is 69.4. The van der Waals surface area contributed by atoms with E-state index in [4.69, 9.17) is 8.83 Å². The van der Waals surface area contributed by atoms with Crippen molar-refractivity contribution < 1.29 is 8.83 Å². The van der Waals surface area contributed by atoms with Gasteiger partial charge in [-0.15, -0.1) is 0 Å². The summed E-state index contributed by atoms with van der Waals surface area (Å²) in [5.74, 6) is 0. The van der Waals surface area contributed by atoms with Gasteiger partial charge in [0.1, 0.15) is 5.58 Å². The zero-order valence-electron chi connectivity index (χ0n) is 31.2. The Morgan fingerprint density at radius 3 is 1.28 bits per heavy atom. The number of nitrogens with zero attached hydrogens (tertiary/aromatic N) is 2. The molecule has 270 valence electrons. The first-order valence-electron chi connectivity index (χ1n) is 19.8. The third-order valence-electron chi connectivity index (χ3n) is 12.1. The minimum Gasteiger partial charge on any atom is -0.451 e. The molecule has 13 rings (SSSR count). The standard InChI is InChI=1S/C54H32N2O2/c1-3-15-33(16-4-1)35-29-43(34-17-5-2-6-18-34)51-44(30-35)41-27-28-42-45-31-36(55-46-23-11-7-19-37(46)38-20-8-12-24-47(38)55)32-50(52(45)58-54(42)53(41)57-51)56-48-25-13-9-21-39(48)40-22-10-14-26-49(40)56/h1-32H. The van der Waals surface area contributed by atoms with Gasteiger partial charge in [0.15, 0.2) is 16.7 Å². The monoisotopic (exact) mass is 740 g/mol. The Labute approximate surface area is 332 Å². The van der Waals surface area contributed by atoms with Crippen LogP contribution in [0.1, 0.15) is 0 Å². The van der Waals surface area contributed by atoms with Gasteiger partial charge >= 0.3 is 0 Å². The number of hydrogen-bond donors (Lipinski definition) is 0. The van der Waals surface area contributed by atoms with Gasteiger partial charge in [0.25, 0.3) is 0 Å². The van der Waals surface area contributed by atoms with Crippen LogP contribution in [0.5, 0.6) is 0 Å². The third-order valence-corrected chi connectivity index (χ3v) is 12.1. The zero-order chi connectivity index (χ0) is 37.9. The van der Waals surface area contributed by atoms with Crippen molar-refractivity contribution in [3.8, 4) is 33.6 Å². The van der Waals surface area contributed by atoms with Crippen molar-refractivity contribution in [3.05, 3.63) is 194 Å². The predicted octanol–water partition coefficient (Wildman–Crippen LogP) is 15.0. The first kappa shape index (κ1) is 31.4. The fraction of sp³-hybridized carbons (Fsp3) is 0. The summed E-state index contributed by atoms with van der Waals surface area (Å²) in [7, 11) is 0. The summed E-state index contributed by atoms with van der Waals surface area (Å²) in [6.45, 7) is 0. The lowest BCUT2D eigenvalue weighted by atomic mass is 9.95. The van der Waals surface area contributed by atoms with Crippen LogP contribution in [0.25, 0.3) is 121 Å². The van der Waals surface area contributed by atoms with Gasteiger partial charge in [0.05, 0.1) is 27.8 Å². The zero-order valence-corrected chi connectivity index (χ0v) is 31.2. The van der Waals surface area contributed by atoms with Gasteiger partial charge in [0.2, 0.25) is 0 Å². The highest BCUT2D eigenvalue weighted by molar-refractivity contribution is 6.22. The Hall–Kier alpha value is -7.82. The molecule has 0 aliphatic rings. The van der Waals surface area contributed by atoms with Crippen LogP contribution in [0, 0.1) is 0 Å². The smallest absolute Gasteiger partial charge is 0.178 e. The molecule has 0 saturated carbocycles. The van der Waals surface area contributed by atoms with Crippen LogP contribution >= 0.6 is 0 Å². The van der Waals surface area contributed by atoms with Gasteiger partial charge in [-0.3, -0.25) is 0 Å². The number of fused-ring (bicyclic) bond motifs is 13. The Bertz CT molecular complexity index is 3680. The van der Waals surface area contributed by atoms with Crippen LogP contribution in [0.4, 0.5) is 0 Å². The summed E-state index contributed by atoms with van der Waals surface area (Å²) < 4.78 is 19.1. The summed E-state index contributed by atoms with van der Waals surface area (Å²) in [5, 5.41) is 8.98. The third kappa shape index (κ3) is 4.34. The van der Waals surface area contributed by atoms with E-state index in [1.165, 1.54) is 21.5 Å². The lowest BCUT2D eigenvalue weighted by molar-refractivity contribution is 0.633. The van der Waals surface area contributed by atoms with E-state index in [1.807, 2.05) is 0 Å². The fourth-order valence-electron chi connectivity index (χ4n) is 9.55. The molecular formula is C54H32N2O2. The lowest BCUT2D eigenvalue weighted by Gasteiger charge is -2.14. The van der Waals surface area contributed by atoms with Crippen molar-refractivity contribution in [2.45, 2.75) is 0 Å². The molecule has 0 spiro atoms. The molecule has 0 radical (unpaired) electrons. The van der Waals surface area contributed by atoms with Crippen molar-refractivity contribution >= 4 is 87.5 Å². The van der Waals surface area contributed by atoms with Crippen molar-refractivity contribution in [1.82, 2.24) is 9.13 Å². The molecule has 0 unspecified atom stereocenters. The van der Waals surface area contributed by atoms with Gasteiger partial charge in [-0.1, -0.05) is 133 Å². The largest absolute Gasteiger partial charge is 0.451 e. The molecule has 4 aromatic heterocycles. The van der Waals surface area contributed by atoms with Crippen molar-refractivity contribution in [1.29, 1.82) is 0 Å². The first-order chi connectivity index (χ1) is 28.8. The Balaban J connectivity index is 1.18. The number of furan rings is 2. The van der Waals surface area contributed by atoms with Crippen LogP contribution in [0.3, 0.4) is 0 Å². The second kappa shape index (κ2) is 11.8. The maximum atomic E-state index is 7.23. The van der Waals surface area contributed by atoms with Gasteiger partial charge < -0.3 is 18.0 Å². The Kier molecular flexibility index (Phi) is 6.41. The van der Waals surface area contributed by atoms with E-state index < -0.39 is 0 Å². The van der Waals surface area contributed by atoms with Crippen LogP contribution in [0.15, 0.2) is 203 Å². The molecule has 4 nitrogen and oxygen atoms in total. The maximum absolute atomic E-state index is 7.23. The fourth-order valence-corrected chi connectivity index (χ4v) is 9.55. The van der Waals surface area contributed by atoms with Crippen LogP contribution in [0.2, 0.25) is 0 Å². The molecule has 0 amide bonds. The van der Waals surface area contributed by atoms with E-state index in [1.54, 1.807) is 0 Å². The summed E-state index contributed by atoms with van der Waals surface area (Å²) in [6.07, 6.45) is 0. The molecule has 0 saturated heterocycles. The Morgan fingerprint density at radius 1 is 0.276 bits per heavy atom. The van der Waals surface area contributed by atoms with Gasteiger partial charge in [-0.2, -0.15) is 0 Å². The van der Waals surface area contributed by atoms with Crippen molar-refractivity contribution in [2.24, 2.45) is 0 Å². The van der Waals surface area contributed by atoms with Gasteiger partial charge in [-0.05, 0) is 77.4 Å². The van der Waals surface area contributed by atoms with E-state index >= 15 is 0 Å². The summed E-state index contributed by atoms with van der Waals surface area (Å²) >= 11 is 0. The van der Waals surface area contributed by atoms with Gasteiger partial charge in [-0.25, -0.2) is 0 Å². The molecule has 0 N–H and O–H groups in total. The average Bonchev–Trinajstić information content (AvgIpc) is 4.04. The molecule has 0 fully saturated rings. The van der Waals surface area contributed by atoms with E-state index in [0.717, 1.165) is 99.6 Å². The molecule has 0 atom stereocenters. The van der Waals surface area contributed by atoms with E-state index in [2.05, 4.69) is 203 Å². The molecule has 0 aliphatic heterocycles. The number of para-hydroxylation sites is 4. The summed E-state index contributed by atoms with van der Waals surface area (Å²) in [5.41, 5.74) is 14.2. The molecular weight excluding hydrogens is 709 g/mol. The van der Waals surface area contributed by atoms with E-state index in [9.17, 15) is 0 Å². The number of aromatic nitrogens is 2. The second-order valence-electron chi connectivity index (χ2n) is 15.2.